The Labute approximate surface area is 160 Å². The lowest BCUT2D eigenvalue weighted by molar-refractivity contribution is -0.315. The lowest BCUT2D eigenvalue weighted by atomic mass is 10.0. The third-order valence-electron chi connectivity index (χ3n) is 4.34. The molecule has 1 aliphatic heterocycles. The van der Waals surface area contributed by atoms with Crippen molar-refractivity contribution in [3.8, 4) is 0 Å². The summed E-state index contributed by atoms with van der Waals surface area (Å²) in [5, 5.41) is 4.56. The maximum atomic E-state index is 13.8. The van der Waals surface area contributed by atoms with Crippen LogP contribution in [0.25, 0.3) is 0 Å². The molecule has 1 aliphatic rings. The molecule has 0 unspecified atom stereocenters. The second kappa shape index (κ2) is 7.07. The topological polar surface area (TPSA) is 70.2 Å². The molecule has 0 aliphatic carbocycles. The third kappa shape index (κ3) is 3.65. The van der Waals surface area contributed by atoms with Crippen molar-refractivity contribution in [2.45, 2.75) is 24.1 Å². The number of alkyl halides is 6. The van der Waals surface area contributed by atoms with Crippen LogP contribution in [0, 0.1) is 0 Å². The normalized spacial score (nSPS) is 16.9. The second-order valence-corrected chi connectivity index (χ2v) is 6.22. The van der Waals surface area contributed by atoms with E-state index < -0.39 is 41.4 Å². The minimum absolute atomic E-state index is 0.0719. The van der Waals surface area contributed by atoms with E-state index in [0.29, 0.717) is 0 Å². The van der Waals surface area contributed by atoms with E-state index in [1.807, 2.05) is 0 Å². The van der Waals surface area contributed by atoms with E-state index >= 15 is 0 Å². The van der Waals surface area contributed by atoms with Crippen LogP contribution in [-0.4, -0.2) is 29.8 Å². The number of halogens is 6. The highest BCUT2D eigenvalue weighted by atomic mass is 19.4. The van der Waals surface area contributed by atoms with Gasteiger partial charge in [0.25, 0.3) is 11.6 Å². The van der Waals surface area contributed by atoms with Gasteiger partial charge in [-0.05, 0) is 18.2 Å². The SMILES string of the molecule is O=C(NC(N[C@@H]1C(=O)Nc2ccccc21)(C(F)(F)F)C(F)(F)F)c1ccccc1. The van der Waals surface area contributed by atoms with E-state index in [9.17, 15) is 35.9 Å². The van der Waals surface area contributed by atoms with Crippen molar-refractivity contribution in [3.05, 3.63) is 65.7 Å². The lowest BCUT2D eigenvalue weighted by Crippen LogP contribution is -2.76. The van der Waals surface area contributed by atoms with Crippen molar-refractivity contribution in [1.29, 1.82) is 0 Å². The molecule has 0 bridgehead atoms. The Bertz CT molecular complexity index is 913. The summed E-state index contributed by atoms with van der Waals surface area (Å²) in [5.41, 5.74) is -5.32. The van der Waals surface area contributed by atoms with Gasteiger partial charge in [0.2, 0.25) is 5.91 Å². The number of hydrogen-bond donors (Lipinski definition) is 3. The average Bonchev–Trinajstić information content (AvgIpc) is 2.95. The van der Waals surface area contributed by atoms with Gasteiger partial charge in [-0.1, -0.05) is 36.4 Å². The molecule has 3 rings (SSSR count). The fourth-order valence-electron chi connectivity index (χ4n) is 2.90. The summed E-state index contributed by atoms with van der Waals surface area (Å²) in [5.74, 6) is -2.72. The van der Waals surface area contributed by atoms with Crippen molar-refractivity contribution in [2.24, 2.45) is 0 Å². The first kappa shape index (κ1) is 20.6. The summed E-state index contributed by atoms with van der Waals surface area (Å²) in [6.07, 6.45) is -12.0. The van der Waals surface area contributed by atoms with Crippen molar-refractivity contribution in [3.63, 3.8) is 0 Å². The lowest BCUT2D eigenvalue weighted by Gasteiger charge is -2.39. The molecule has 2 aromatic carbocycles. The number of carbonyl (C=O) groups is 2. The van der Waals surface area contributed by atoms with Gasteiger partial charge in [0.15, 0.2) is 0 Å². The molecule has 29 heavy (non-hydrogen) atoms. The molecule has 0 radical (unpaired) electrons. The maximum absolute atomic E-state index is 13.8. The molecule has 154 valence electrons. The number of fused-ring (bicyclic) bond motifs is 1. The number of hydrogen-bond acceptors (Lipinski definition) is 3. The van der Waals surface area contributed by atoms with Gasteiger partial charge < -0.3 is 10.6 Å². The molecule has 3 N–H and O–H groups in total. The quantitative estimate of drug-likeness (QED) is 0.527. The molecule has 0 saturated heterocycles. The zero-order valence-corrected chi connectivity index (χ0v) is 14.4. The standard InChI is InChI=1S/C18H13F6N3O2/c19-17(20,21)16(18(22,23)24,27-14(28)10-6-2-1-3-7-10)26-13-11-8-4-5-9-12(11)25-15(13)29/h1-9,13,26H,(H,25,29)(H,27,28)/t13-/m0/s1. The van der Waals surface area contributed by atoms with E-state index in [-0.39, 0.29) is 11.3 Å². The van der Waals surface area contributed by atoms with Gasteiger partial charge in [-0.25, -0.2) is 0 Å². The predicted molar refractivity (Wildman–Crippen MR) is 89.7 cm³/mol. The summed E-state index contributed by atoms with van der Waals surface area (Å²) in [6.45, 7) is 0. The average molecular weight is 417 g/mol. The fourth-order valence-corrected chi connectivity index (χ4v) is 2.90. The highest BCUT2D eigenvalue weighted by molar-refractivity contribution is 6.02. The minimum Gasteiger partial charge on any atom is -0.324 e. The Morgan fingerprint density at radius 2 is 1.41 bits per heavy atom. The molecule has 2 aromatic rings. The van der Waals surface area contributed by atoms with Gasteiger partial charge in [-0.3, -0.25) is 14.9 Å². The molecule has 5 nitrogen and oxygen atoms in total. The Morgan fingerprint density at radius 3 is 2.00 bits per heavy atom. The number of anilines is 1. The first-order valence-electron chi connectivity index (χ1n) is 8.15. The summed E-state index contributed by atoms with van der Waals surface area (Å²) in [7, 11) is 0. The Kier molecular flexibility index (Phi) is 5.03. The first-order chi connectivity index (χ1) is 13.5. The maximum Gasteiger partial charge on any atom is 0.434 e. The van der Waals surface area contributed by atoms with Crippen LogP contribution in [-0.2, 0) is 4.79 Å². The smallest absolute Gasteiger partial charge is 0.324 e. The number of benzene rings is 2. The molecule has 2 amide bonds. The molecular formula is C18H13F6N3O2. The van der Waals surface area contributed by atoms with Crippen molar-refractivity contribution >= 4 is 17.5 Å². The van der Waals surface area contributed by atoms with Crippen LogP contribution < -0.4 is 16.0 Å². The molecule has 0 spiro atoms. The van der Waals surface area contributed by atoms with E-state index in [1.54, 1.807) is 0 Å². The third-order valence-corrected chi connectivity index (χ3v) is 4.34. The number of para-hydroxylation sites is 1. The van der Waals surface area contributed by atoms with Crippen molar-refractivity contribution < 1.29 is 35.9 Å². The minimum atomic E-state index is -6.02. The van der Waals surface area contributed by atoms with Gasteiger partial charge in [-0.15, -0.1) is 0 Å². The summed E-state index contributed by atoms with van der Waals surface area (Å²) >= 11 is 0. The number of rotatable bonds is 4. The molecule has 1 atom stereocenters. The predicted octanol–water partition coefficient (Wildman–Crippen LogP) is 3.52. The molecule has 0 saturated carbocycles. The van der Waals surface area contributed by atoms with Gasteiger partial charge in [0.1, 0.15) is 6.04 Å². The Morgan fingerprint density at radius 1 is 0.862 bits per heavy atom. The molecule has 0 aromatic heterocycles. The molecule has 0 fully saturated rings. The first-order valence-corrected chi connectivity index (χ1v) is 8.15. The van der Waals surface area contributed by atoms with Crippen molar-refractivity contribution in [1.82, 2.24) is 10.6 Å². The van der Waals surface area contributed by atoms with Gasteiger partial charge in [0, 0.05) is 16.8 Å². The van der Waals surface area contributed by atoms with Crippen LogP contribution in [0.1, 0.15) is 22.0 Å². The summed E-state index contributed by atoms with van der Waals surface area (Å²) in [4.78, 5) is 24.3. The van der Waals surface area contributed by atoms with E-state index in [1.165, 1.54) is 47.8 Å². The molecule has 1 heterocycles. The molecule has 11 heteroatoms. The number of carbonyl (C=O) groups excluding carboxylic acids is 2. The number of amides is 2. The van der Waals surface area contributed by atoms with Crippen LogP contribution in [0.3, 0.4) is 0 Å². The van der Waals surface area contributed by atoms with E-state index in [0.717, 1.165) is 17.4 Å². The van der Waals surface area contributed by atoms with Gasteiger partial charge in [-0.2, -0.15) is 26.3 Å². The van der Waals surface area contributed by atoms with E-state index in [2.05, 4.69) is 5.32 Å². The summed E-state index contributed by atoms with van der Waals surface area (Å²) in [6, 6.07) is 9.49. The van der Waals surface area contributed by atoms with Gasteiger partial charge >= 0.3 is 12.4 Å². The Balaban J connectivity index is 2.06. The molecular weight excluding hydrogens is 404 g/mol. The van der Waals surface area contributed by atoms with Crippen LogP contribution in [0.15, 0.2) is 54.6 Å². The zero-order valence-electron chi connectivity index (χ0n) is 14.4. The van der Waals surface area contributed by atoms with Crippen LogP contribution in [0.4, 0.5) is 32.0 Å². The highest BCUT2D eigenvalue weighted by Gasteiger charge is 2.73. The van der Waals surface area contributed by atoms with Gasteiger partial charge in [0.05, 0.1) is 0 Å². The van der Waals surface area contributed by atoms with E-state index in [4.69, 9.17) is 0 Å². The van der Waals surface area contributed by atoms with Crippen LogP contribution >= 0.6 is 0 Å². The second-order valence-electron chi connectivity index (χ2n) is 6.22. The van der Waals surface area contributed by atoms with Crippen LogP contribution in [0.2, 0.25) is 0 Å². The largest absolute Gasteiger partial charge is 0.434 e. The monoisotopic (exact) mass is 417 g/mol. The summed E-state index contributed by atoms with van der Waals surface area (Å²) < 4.78 is 82.6. The zero-order chi connectivity index (χ0) is 21.4. The Hall–Kier alpha value is -3.08. The van der Waals surface area contributed by atoms with Crippen LogP contribution in [0.5, 0.6) is 0 Å². The highest BCUT2D eigenvalue weighted by Crippen LogP contribution is 2.44. The number of nitrogens with one attached hydrogen (secondary N) is 3. The van der Waals surface area contributed by atoms with Crippen molar-refractivity contribution in [2.75, 3.05) is 5.32 Å². The fraction of sp³-hybridized carbons (Fsp3) is 0.222.